The van der Waals surface area contributed by atoms with Crippen molar-refractivity contribution in [3.63, 3.8) is 0 Å². The summed E-state index contributed by atoms with van der Waals surface area (Å²) >= 11 is 0. The van der Waals surface area contributed by atoms with Gasteiger partial charge in [-0.15, -0.1) is 0 Å². The Labute approximate surface area is 129 Å². The number of nitrogens with zero attached hydrogens (tertiary/aromatic N) is 1. The largest absolute Gasteiger partial charge is 0.496 e. The monoisotopic (exact) mass is 295 g/mol. The molecule has 3 rings (SSSR count). The van der Waals surface area contributed by atoms with E-state index in [1.54, 1.807) is 7.11 Å². The highest BCUT2D eigenvalue weighted by Crippen LogP contribution is 2.34. The second-order valence-corrected chi connectivity index (χ2v) is 5.10. The molecular weight excluding hydrogens is 278 g/mol. The van der Waals surface area contributed by atoms with Gasteiger partial charge in [-0.3, -0.25) is 0 Å². The molecule has 0 bridgehead atoms. The van der Waals surface area contributed by atoms with Crippen LogP contribution in [0.5, 0.6) is 17.2 Å². The second kappa shape index (κ2) is 6.40. The van der Waals surface area contributed by atoms with E-state index >= 15 is 0 Å². The molecule has 0 aliphatic carbocycles. The van der Waals surface area contributed by atoms with Crippen LogP contribution in [0.4, 0.5) is 0 Å². The normalized spacial score (nSPS) is 14.0. The van der Waals surface area contributed by atoms with Crippen molar-refractivity contribution in [2.45, 2.75) is 12.3 Å². The van der Waals surface area contributed by atoms with Gasteiger partial charge in [0.1, 0.15) is 19.0 Å². The first kappa shape index (κ1) is 14.3. The molecular formula is C18H17NO3. The van der Waals surface area contributed by atoms with Crippen molar-refractivity contribution in [3.8, 4) is 23.3 Å². The predicted octanol–water partition coefficient (Wildman–Crippen LogP) is 3.32. The molecule has 0 aromatic heterocycles. The summed E-state index contributed by atoms with van der Waals surface area (Å²) in [5, 5.41) is 9.55. The SMILES string of the molecule is COc1ccccc1CC(C#N)c1ccc2c(c1)OCCO2. The molecule has 0 spiro atoms. The maximum atomic E-state index is 9.55. The van der Waals surface area contributed by atoms with Gasteiger partial charge in [0.15, 0.2) is 11.5 Å². The minimum Gasteiger partial charge on any atom is -0.496 e. The molecule has 2 aromatic carbocycles. The quantitative estimate of drug-likeness (QED) is 0.868. The van der Waals surface area contributed by atoms with Gasteiger partial charge in [-0.25, -0.2) is 0 Å². The lowest BCUT2D eigenvalue weighted by Crippen LogP contribution is -2.15. The van der Waals surface area contributed by atoms with Crippen LogP contribution < -0.4 is 14.2 Å². The van der Waals surface area contributed by atoms with E-state index in [-0.39, 0.29) is 5.92 Å². The molecule has 112 valence electrons. The molecule has 0 fully saturated rings. The van der Waals surface area contributed by atoms with Gasteiger partial charge in [0.2, 0.25) is 0 Å². The number of fused-ring (bicyclic) bond motifs is 1. The Morgan fingerprint density at radius 3 is 2.68 bits per heavy atom. The summed E-state index contributed by atoms with van der Waals surface area (Å²) in [6, 6.07) is 15.8. The Morgan fingerprint density at radius 2 is 1.91 bits per heavy atom. The molecule has 1 aliphatic heterocycles. The number of hydrogen-bond donors (Lipinski definition) is 0. The maximum Gasteiger partial charge on any atom is 0.161 e. The van der Waals surface area contributed by atoms with Crippen LogP contribution in [0.1, 0.15) is 17.0 Å². The lowest BCUT2D eigenvalue weighted by atomic mass is 9.92. The van der Waals surface area contributed by atoms with Gasteiger partial charge in [0.05, 0.1) is 19.1 Å². The van der Waals surface area contributed by atoms with Crippen molar-refractivity contribution in [2.24, 2.45) is 0 Å². The van der Waals surface area contributed by atoms with Crippen LogP contribution in [-0.2, 0) is 6.42 Å². The second-order valence-electron chi connectivity index (χ2n) is 5.10. The Bertz CT molecular complexity index is 706. The summed E-state index contributed by atoms with van der Waals surface area (Å²) in [5.41, 5.74) is 1.95. The molecule has 1 aliphatic rings. The molecule has 2 aromatic rings. The van der Waals surface area contributed by atoms with E-state index in [9.17, 15) is 5.26 Å². The molecule has 1 heterocycles. The Hall–Kier alpha value is -2.67. The van der Waals surface area contributed by atoms with Crippen LogP contribution in [0.2, 0.25) is 0 Å². The lowest BCUT2D eigenvalue weighted by molar-refractivity contribution is 0.171. The van der Waals surface area contributed by atoms with Crippen molar-refractivity contribution < 1.29 is 14.2 Å². The van der Waals surface area contributed by atoms with Gasteiger partial charge < -0.3 is 14.2 Å². The third kappa shape index (κ3) is 2.84. The fourth-order valence-electron chi connectivity index (χ4n) is 2.61. The summed E-state index contributed by atoms with van der Waals surface area (Å²) in [6.07, 6.45) is 0.597. The molecule has 0 N–H and O–H groups in total. The van der Waals surface area contributed by atoms with Gasteiger partial charge in [-0.05, 0) is 35.7 Å². The zero-order valence-electron chi connectivity index (χ0n) is 12.4. The highest BCUT2D eigenvalue weighted by Gasteiger charge is 2.18. The van der Waals surface area contributed by atoms with E-state index in [0.29, 0.717) is 25.4 Å². The topological polar surface area (TPSA) is 51.5 Å². The minimum atomic E-state index is -0.257. The summed E-state index contributed by atoms with van der Waals surface area (Å²) in [7, 11) is 1.64. The van der Waals surface area contributed by atoms with E-state index in [1.165, 1.54) is 0 Å². The molecule has 4 nitrogen and oxygen atoms in total. The van der Waals surface area contributed by atoms with Gasteiger partial charge in [-0.1, -0.05) is 24.3 Å². The fourth-order valence-corrected chi connectivity index (χ4v) is 2.61. The van der Waals surface area contributed by atoms with Crippen molar-refractivity contribution in [1.29, 1.82) is 5.26 Å². The summed E-state index contributed by atoms with van der Waals surface area (Å²) < 4.78 is 16.5. The molecule has 1 unspecified atom stereocenters. The van der Waals surface area contributed by atoms with Crippen LogP contribution in [-0.4, -0.2) is 20.3 Å². The van der Waals surface area contributed by atoms with E-state index in [1.807, 2.05) is 42.5 Å². The van der Waals surface area contributed by atoms with Crippen LogP contribution in [0.3, 0.4) is 0 Å². The lowest BCUT2D eigenvalue weighted by Gasteiger charge is -2.20. The first-order valence-corrected chi connectivity index (χ1v) is 7.23. The van der Waals surface area contributed by atoms with Gasteiger partial charge in [0, 0.05) is 0 Å². The van der Waals surface area contributed by atoms with E-state index in [2.05, 4.69) is 6.07 Å². The van der Waals surface area contributed by atoms with Crippen LogP contribution >= 0.6 is 0 Å². The average molecular weight is 295 g/mol. The third-order valence-electron chi connectivity index (χ3n) is 3.74. The molecule has 1 atom stereocenters. The highest BCUT2D eigenvalue weighted by molar-refractivity contribution is 5.46. The molecule has 0 saturated heterocycles. The maximum absolute atomic E-state index is 9.55. The summed E-state index contributed by atoms with van der Waals surface area (Å²) in [4.78, 5) is 0. The van der Waals surface area contributed by atoms with Gasteiger partial charge >= 0.3 is 0 Å². The molecule has 22 heavy (non-hydrogen) atoms. The number of ether oxygens (including phenoxy) is 3. The number of benzene rings is 2. The first-order valence-electron chi connectivity index (χ1n) is 7.23. The van der Waals surface area contributed by atoms with Crippen LogP contribution in [0.25, 0.3) is 0 Å². The Balaban J connectivity index is 1.87. The minimum absolute atomic E-state index is 0.257. The smallest absolute Gasteiger partial charge is 0.161 e. The number of rotatable bonds is 4. The van der Waals surface area contributed by atoms with E-state index < -0.39 is 0 Å². The van der Waals surface area contributed by atoms with Crippen molar-refractivity contribution in [3.05, 3.63) is 53.6 Å². The van der Waals surface area contributed by atoms with Crippen LogP contribution in [0, 0.1) is 11.3 Å². The number of hydrogen-bond acceptors (Lipinski definition) is 4. The van der Waals surface area contributed by atoms with Gasteiger partial charge in [-0.2, -0.15) is 5.26 Å². The first-order chi connectivity index (χ1) is 10.8. The highest BCUT2D eigenvalue weighted by atomic mass is 16.6. The van der Waals surface area contributed by atoms with Crippen molar-refractivity contribution in [2.75, 3.05) is 20.3 Å². The molecule has 0 saturated carbocycles. The number of nitriles is 1. The number of methoxy groups -OCH3 is 1. The molecule has 0 amide bonds. The van der Waals surface area contributed by atoms with Crippen LogP contribution in [0.15, 0.2) is 42.5 Å². The van der Waals surface area contributed by atoms with Crippen molar-refractivity contribution in [1.82, 2.24) is 0 Å². The zero-order valence-corrected chi connectivity index (χ0v) is 12.4. The molecule has 4 heteroatoms. The summed E-state index contributed by atoms with van der Waals surface area (Å²) in [5.74, 6) is 2.00. The fraction of sp³-hybridized carbons (Fsp3) is 0.278. The predicted molar refractivity (Wildman–Crippen MR) is 82.5 cm³/mol. The van der Waals surface area contributed by atoms with E-state index in [0.717, 1.165) is 22.6 Å². The van der Waals surface area contributed by atoms with Gasteiger partial charge in [0.25, 0.3) is 0 Å². The Morgan fingerprint density at radius 1 is 1.14 bits per heavy atom. The number of para-hydroxylation sites is 1. The molecule has 0 radical (unpaired) electrons. The third-order valence-corrected chi connectivity index (χ3v) is 3.74. The summed E-state index contributed by atoms with van der Waals surface area (Å²) in [6.45, 7) is 1.11. The average Bonchev–Trinajstić information content (AvgIpc) is 2.59. The standard InChI is InChI=1S/C18H17NO3/c1-20-16-5-3-2-4-14(16)10-15(12-19)13-6-7-17-18(11-13)22-9-8-21-17/h2-7,11,15H,8-10H2,1H3. The zero-order chi connectivity index (χ0) is 15.4. The van der Waals surface area contributed by atoms with E-state index in [4.69, 9.17) is 14.2 Å². The van der Waals surface area contributed by atoms with Crippen molar-refractivity contribution >= 4 is 0 Å². The Kier molecular flexibility index (Phi) is 4.15.